The normalized spacial score (nSPS) is 31.9. The molecule has 5 heteroatoms. The standard InChI is InChI=1S/C11H12N2O3/c14-13(15)8-3-1-2-7(4-8)11-10-5-9(16-11)6-12-10/h1-4,9-12H,5-6H2. The molecule has 0 amide bonds. The van der Waals surface area contributed by atoms with E-state index in [1.807, 2.05) is 6.07 Å². The van der Waals surface area contributed by atoms with Crippen molar-refractivity contribution in [1.82, 2.24) is 5.32 Å². The predicted molar refractivity (Wildman–Crippen MR) is 57.1 cm³/mol. The van der Waals surface area contributed by atoms with Crippen molar-refractivity contribution < 1.29 is 9.66 Å². The molecule has 2 aliphatic heterocycles. The Morgan fingerprint density at radius 1 is 1.50 bits per heavy atom. The van der Waals surface area contributed by atoms with Crippen LogP contribution < -0.4 is 5.32 Å². The summed E-state index contributed by atoms with van der Waals surface area (Å²) < 4.78 is 5.80. The molecular weight excluding hydrogens is 208 g/mol. The number of non-ortho nitro benzene ring substituents is 1. The van der Waals surface area contributed by atoms with E-state index in [9.17, 15) is 10.1 Å². The molecule has 2 fully saturated rings. The number of rotatable bonds is 2. The Kier molecular flexibility index (Phi) is 2.15. The molecule has 3 atom stereocenters. The van der Waals surface area contributed by atoms with Gasteiger partial charge in [-0.1, -0.05) is 12.1 Å². The second-order valence-corrected chi connectivity index (χ2v) is 4.28. The van der Waals surface area contributed by atoms with Crippen molar-refractivity contribution in [1.29, 1.82) is 0 Å². The van der Waals surface area contributed by atoms with E-state index in [1.54, 1.807) is 12.1 Å². The first-order valence-corrected chi connectivity index (χ1v) is 5.37. The molecule has 2 bridgehead atoms. The Labute approximate surface area is 92.6 Å². The third-order valence-electron chi connectivity index (χ3n) is 3.24. The number of fused-ring (bicyclic) bond motifs is 2. The van der Waals surface area contributed by atoms with Crippen LogP contribution in [0.5, 0.6) is 0 Å². The molecule has 0 aromatic heterocycles. The maximum atomic E-state index is 10.7. The fourth-order valence-corrected chi connectivity index (χ4v) is 2.50. The van der Waals surface area contributed by atoms with Crippen molar-refractivity contribution in [2.24, 2.45) is 0 Å². The van der Waals surface area contributed by atoms with Crippen LogP contribution in [0.2, 0.25) is 0 Å². The molecule has 0 aliphatic carbocycles. The molecule has 2 heterocycles. The maximum absolute atomic E-state index is 10.7. The van der Waals surface area contributed by atoms with Gasteiger partial charge in [-0.25, -0.2) is 0 Å². The molecule has 0 saturated carbocycles. The first kappa shape index (κ1) is 9.74. The molecule has 1 aromatic carbocycles. The van der Waals surface area contributed by atoms with E-state index in [-0.39, 0.29) is 22.8 Å². The average molecular weight is 220 g/mol. The molecule has 3 unspecified atom stereocenters. The van der Waals surface area contributed by atoms with E-state index in [0.29, 0.717) is 6.04 Å². The van der Waals surface area contributed by atoms with E-state index in [0.717, 1.165) is 18.5 Å². The minimum Gasteiger partial charge on any atom is -0.367 e. The lowest BCUT2D eigenvalue weighted by atomic mass is 10.0. The summed E-state index contributed by atoms with van der Waals surface area (Å²) in [6, 6.07) is 7.02. The van der Waals surface area contributed by atoms with Crippen LogP contribution in [-0.4, -0.2) is 23.6 Å². The molecular formula is C11H12N2O3. The third kappa shape index (κ3) is 1.48. The largest absolute Gasteiger partial charge is 0.367 e. The zero-order valence-corrected chi connectivity index (χ0v) is 8.63. The third-order valence-corrected chi connectivity index (χ3v) is 3.24. The monoisotopic (exact) mass is 220 g/mol. The predicted octanol–water partition coefficient (Wildman–Crippen LogP) is 1.40. The van der Waals surface area contributed by atoms with E-state index in [4.69, 9.17) is 4.74 Å². The van der Waals surface area contributed by atoms with Gasteiger partial charge in [-0.3, -0.25) is 10.1 Å². The Morgan fingerprint density at radius 2 is 2.38 bits per heavy atom. The number of hydrogen-bond acceptors (Lipinski definition) is 4. The maximum Gasteiger partial charge on any atom is 0.269 e. The highest BCUT2D eigenvalue weighted by Crippen LogP contribution is 2.37. The van der Waals surface area contributed by atoms with Crippen molar-refractivity contribution in [2.75, 3.05) is 6.54 Å². The molecule has 84 valence electrons. The van der Waals surface area contributed by atoms with Crippen molar-refractivity contribution >= 4 is 5.69 Å². The van der Waals surface area contributed by atoms with Crippen molar-refractivity contribution in [2.45, 2.75) is 24.7 Å². The van der Waals surface area contributed by atoms with Crippen molar-refractivity contribution in [3.63, 3.8) is 0 Å². The van der Waals surface area contributed by atoms with Crippen LogP contribution in [0.3, 0.4) is 0 Å². The molecule has 3 rings (SSSR count). The summed E-state index contributed by atoms with van der Waals surface area (Å²) in [6.07, 6.45) is 1.25. The molecule has 2 aliphatic rings. The summed E-state index contributed by atoms with van der Waals surface area (Å²) in [5, 5.41) is 14.0. The number of ether oxygens (including phenoxy) is 1. The molecule has 2 saturated heterocycles. The number of nitro benzene ring substituents is 1. The topological polar surface area (TPSA) is 64.4 Å². The summed E-state index contributed by atoms with van der Waals surface area (Å²) in [7, 11) is 0. The molecule has 5 nitrogen and oxygen atoms in total. The summed E-state index contributed by atoms with van der Waals surface area (Å²) in [5.41, 5.74) is 1.03. The Bertz CT molecular complexity index is 435. The Morgan fingerprint density at radius 3 is 3.00 bits per heavy atom. The van der Waals surface area contributed by atoms with Gasteiger partial charge in [0, 0.05) is 24.7 Å². The first-order chi connectivity index (χ1) is 7.74. The summed E-state index contributed by atoms with van der Waals surface area (Å²) in [4.78, 5) is 10.3. The quantitative estimate of drug-likeness (QED) is 0.604. The second kappa shape index (κ2) is 3.54. The van der Waals surface area contributed by atoms with Crippen LogP contribution in [-0.2, 0) is 4.74 Å². The summed E-state index contributed by atoms with van der Waals surface area (Å²) >= 11 is 0. The van der Waals surface area contributed by atoms with Gasteiger partial charge < -0.3 is 10.1 Å². The highest BCUT2D eigenvalue weighted by atomic mass is 16.6. The smallest absolute Gasteiger partial charge is 0.269 e. The molecule has 1 N–H and O–H groups in total. The van der Waals surface area contributed by atoms with E-state index in [2.05, 4.69) is 5.32 Å². The fraction of sp³-hybridized carbons (Fsp3) is 0.455. The number of hydrogen-bond donors (Lipinski definition) is 1. The highest BCUT2D eigenvalue weighted by molar-refractivity contribution is 5.36. The number of nitro groups is 1. The van der Waals surface area contributed by atoms with Gasteiger partial charge in [0.2, 0.25) is 0 Å². The van der Waals surface area contributed by atoms with Gasteiger partial charge in [0.1, 0.15) is 0 Å². The van der Waals surface area contributed by atoms with Crippen LogP contribution in [0.1, 0.15) is 18.1 Å². The second-order valence-electron chi connectivity index (χ2n) is 4.28. The molecule has 16 heavy (non-hydrogen) atoms. The van der Waals surface area contributed by atoms with Crippen LogP contribution in [0.15, 0.2) is 24.3 Å². The van der Waals surface area contributed by atoms with E-state index >= 15 is 0 Å². The van der Waals surface area contributed by atoms with E-state index in [1.165, 1.54) is 6.07 Å². The van der Waals surface area contributed by atoms with Gasteiger partial charge >= 0.3 is 0 Å². The SMILES string of the molecule is O=[N+]([O-])c1cccc(C2OC3CNC2C3)c1. The van der Waals surface area contributed by atoms with Gasteiger partial charge in [-0.15, -0.1) is 0 Å². The van der Waals surface area contributed by atoms with Gasteiger partial charge in [-0.2, -0.15) is 0 Å². The minimum atomic E-state index is -0.371. The lowest BCUT2D eigenvalue weighted by Gasteiger charge is -2.23. The van der Waals surface area contributed by atoms with Crippen LogP contribution >= 0.6 is 0 Å². The van der Waals surface area contributed by atoms with Gasteiger partial charge in [0.05, 0.1) is 17.1 Å². The van der Waals surface area contributed by atoms with Gasteiger partial charge in [0.25, 0.3) is 5.69 Å². The van der Waals surface area contributed by atoms with Gasteiger partial charge in [-0.05, 0) is 12.0 Å². The average Bonchev–Trinajstić information content (AvgIpc) is 2.91. The van der Waals surface area contributed by atoms with Crippen LogP contribution in [0, 0.1) is 10.1 Å². The highest BCUT2D eigenvalue weighted by Gasteiger charge is 2.41. The van der Waals surface area contributed by atoms with Crippen LogP contribution in [0.4, 0.5) is 5.69 Å². The fourth-order valence-electron chi connectivity index (χ4n) is 2.50. The van der Waals surface area contributed by atoms with Gasteiger partial charge in [0.15, 0.2) is 0 Å². The Hall–Kier alpha value is -1.46. The molecule has 1 aromatic rings. The summed E-state index contributed by atoms with van der Waals surface area (Å²) in [6.45, 7) is 0.899. The molecule has 0 spiro atoms. The van der Waals surface area contributed by atoms with Crippen LogP contribution in [0.25, 0.3) is 0 Å². The van der Waals surface area contributed by atoms with Crippen molar-refractivity contribution in [3.05, 3.63) is 39.9 Å². The number of nitrogens with zero attached hydrogens (tertiary/aromatic N) is 1. The van der Waals surface area contributed by atoms with Crippen molar-refractivity contribution in [3.8, 4) is 0 Å². The lowest BCUT2D eigenvalue weighted by molar-refractivity contribution is -0.385. The minimum absolute atomic E-state index is 0.0290. The molecule has 0 radical (unpaired) electrons. The number of morpholine rings is 1. The number of nitrogens with one attached hydrogen (secondary N) is 1. The first-order valence-electron chi connectivity index (χ1n) is 5.37. The number of benzene rings is 1. The Balaban J connectivity index is 1.89. The summed E-state index contributed by atoms with van der Waals surface area (Å²) in [5.74, 6) is 0. The van der Waals surface area contributed by atoms with E-state index < -0.39 is 0 Å². The lowest BCUT2D eigenvalue weighted by Crippen LogP contribution is -2.33. The zero-order valence-electron chi connectivity index (χ0n) is 8.63. The zero-order chi connectivity index (χ0) is 11.1.